The average molecular weight is 333 g/mol. The molecule has 24 heavy (non-hydrogen) atoms. The van der Waals surface area contributed by atoms with E-state index in [2.05, 4.69) is 5.32 Å². The number of hydrogen-bond donors (Lipinski definition) is 1. The van der Waals surface area contributed by atoms with Crippen LogP contribution in [0.2, 0.25) is 0 Å². The van der Waals surface area contributed by atoms with Gasteiger partial charge in [0.25, 0.3) is 0 Å². The minimum atomic E-state index is -0.410. The summed E-state index contributed by atoms with van der Waals surface area (Å²) in [4.78, 5) is 33.7. The van der Waals surface area contributed by atoms with Gasteiger partial charge in [0.05, 0.1) is 6.04 Å². The molecule has 0 radical (unpaired) electrons. The lowest BCUT2D eigenvalue weighted by atomic mass is 10.0. The van der Waals surface area contributed by atoms with Crippen molar-refractivity contribution in [2.75, 3.05) is 0 Å². The van der Waals surface area contributed by atoms with Crippen molar-refractivity contribution < 1.29 is 14.4 Å². The number of carbonyl (C=O) groups is 3. The SMILES string of the molecule is CC(=O)C(C)C.CCC(=O)[C@H](Cc1ccccc1)NC(=O)C(C)C. The lowest BCUT2D eigenvalue weighted by Gasteiger charge is -2.18. The Hall–Kier alpha value is -1.97. The number of ketones is 2. The molecule has 0 saturated heterocycles. The molecule has 0 heterocycles. The van der Waals surface area contributed by atoms with Crippen LogP contribution >= 0.6 is 0 Å². The van der Waals surface area contributed by atoms with E-state index in [1.165, 1.54) is 0 Å². The maximum absolute atomic E-state index is 11.9. The van der Waals surface area contributed by atoms with E-state index in [9.17, 15) is 14.4 Å². The van der Waals surface area contributed by atoms with E-state index in [-0.39, 0.29) is 29.3 Å². The van der Waals surface area contributed by atoms with E-state index in [0.29, 0.717) is 12.8 Å². The van der Waals surface area contributed by atoms with Gasteiger partial charge in [0.2, 0.25) is 5.91 Å². The summed E-state index contributed by atoms with van der Waals surface area (Å²) >= 11 is 0. The van der Waals surface area contributed by atoms with Crippen molar-refractivity contribution >= 4 is 17.5 Å². The normalized spacial score (nSPS) is 11.5. The fourth-order valence-corrected chi connectivity index (χ4v) is 1.68. The number of hydrogen-bond acceptors (Lipinski definition) is 3. The van der Waals surface area contributed by atoms with Crippen LogP contribution in [-0.4, -0.2) is 23.5 Å². The van der Waals surface area contributed by atoms with Crippen LogP contribution in [0.25, 0.3) is 0 Å². The Labute approximate surface area is 146 Å². The second-order valence-corrected chi connectivity index (χ2v) is 6.49. The molecule has 0 aliphatic rings. The van der Waals surface area contributed by atoms with Crippen LogP contribution in [0.3, 0.4) is 0 Å². The number of Topliss-reactive ketones (excluding diaryl/α,β-unsaturated/α-hetero) is 2. The van der Waals surface area contributed by atoms with Crippen LogP contribution in [0.4, 0.5) is 0 Å². The molecule has 1 N–H and O–H groups in total. The van der Waals surface area contributed by atoms with Gasteiger partial charge >= 0.3 is 0 Å². The Morgan fingerprint density at radius 3 is 1.83 bits per heavy atom. The summed E-state index contributed by atoms with van der Waals surface area (Å²) < 4.78 is 0. The second-order valence-electron chi connectivity index (χ2n) is 6.49. The van der Waals surface area contributed by atoms with Crippen molar-refractivity contribution in [1.82, 2.24) is 5.32 Å². The molecule has 1 rings (SSSR count). The maximum atomic E-state index is 11.9. The Kier molecular flexibility index (Phi) is 10.6. The van der Waals surface area contributed by atoms with Crippen molar-refractivity contribution in [2.45, 2.75) is 60.4 Å². The van der Waals surface area contributed by atoms with E-state index in [0.717, 1.165) is 5.56 Å². The van der Waals surface area contributed by atoms with Crippen LogP contribution in [0.15, 0.2) is 30.3 Å². The highest BCUT2D eigenvalue weighted by Gasteiger charge is 2.20. The van der Waals surface area contributed by atoms with E-state index < -0.39 is 6.04 Å². The molecule has 0 aliphatic carbocycles. The van der Waals surface area contributed by atoms with Gasteiger partial charge in [0, 0.05) is 18.3 Å². The third kappa shape index (κ3) is 9.23. The molecule has 0 bridgehead atoms. The predicted octanol–water partition coefficient (Wildman–Crippen LogP) is 3.58. The Morgan fingerprint density at radius 1 is 0.958 bits per heavy atom. The highest BCUT2D eigenvalue weighted by atomic mass is 16.2. The molecule has 1 aromatic rings. The van der Waals surface area contributed by atoms with E-state index in [4.69, 9.17) is 0 Å². The van der Waals surface area contributed by atoms with Gasteiger partial charge in [-0.1, -0.05) is 65.0 Å². The van der Waals surface area contributed by atoms with Crippen LogP contribution < -0.4 is 5.32 Å². The molecule has 134 valence electrons. The van der Waals surface area contributed by atoms with Crippen molar-refractivity contribution in [3.63, 3.8) is 0 Å². The first kappa shape index (κ1) is 22.0. The van der Waals surface area contributed by atoms with Gasteiger partial charge in [-0.2, -0.15) is 0 Å². The average Bonchev–Trinajstić information content (AvgIpc) is 2.54. The third-order valence-corrected chi connectivity index (χ3v) is 3.67. The first-order chi connectivity index (χ1) is 11.2. The quantitative estimate of drug-likeness (QED) is 0.829. The molecular weight excluding hydrogens is 302 g/mol. The number of benzene rings is 1. The fourth-order valence-electron chi connectivity index (χ4n) is 1.68. The summed E-state index contributed by atoms with van der Waals surface area (Å²) in [6.45, 7) is 10.9. The topological polar surface area (TPSA) is 63.2 Å². The van der Waals surface area contributed by atoms with Gasteiger partial charge in [-0.15, -0.1) is 0 Å². The Morgan fingerprint density at radius 2 is 1.46 bits per heavy atom. The van der Waals surface area contributed by atoms with Crippen LogP contribution in [0.5, 0.6) is 0 Å². The molecule has 1 atom stereocenters. The van der Waals surface area contributed by atoms with Gasteiger partial charge in [0.15, 0.2) is 5.78 Å². The monoisotopic (exact) mass is 333 g/mol. The smallest absolute Gasteiger partial charge is 0.223 e. The summed E-state index contributed by atoms with van der Waals surface area (Å²) in [6, 6.07) is 9.34. The third-order valence-electron chi connectivity index (χ3n) is 3.67. The molecule has 4 heteroatoms. The van der Waals surface area contributed by atoms with Crippen LogP contribution in [0.1, 0.15) is 53.5 Å². The molecule has 1 aromatic carbocycles. The summed E-state index contributed by atoms with van der Waals surface area (Å²) in [6.07, 6.45) is 1.00. The van der Waals surface area contributed by atoms with E-state index >= 15 is 0 Å². The first-order valence-corrected chi connectivity index (χ1v) is 8.56. The number of amides is 1. The molecule has 0 aromatic heterocycles. The van der Waals surface area contributed by atoms with Crippen LogP contribution in [0, 0.1) is 11.8 Å². The zero-order valence-corrected chi connectivity index (χ0v) is 15.8. The molecular formula is C20H31NO3. The van der Waals surface area contributed by atoms with Crippen molar-refractivity contribution in [2.24, 2.45) is 11.8 Å². The lowest BCUT2D eigenvalue weighted by Crippen LogP contribution is -2.43. The highest BCUT2D eigenvalue weighted by Crippen LogP contribution is 2.06. The summed E-state index contributed by atoms with van der Waals surface area (Å²) in [7, 11) is 0. The summed E-state index contributed by atoms with van der Waals surface area (Å²) in [5.74, 6) is 0.374. The van der Waals surface area contributed by atoms with Gasteiger partial charge < -0.3 is 5.32 Å². The number of carbonyl (C=O) groups excluding carboxylic acids is 3. The Bertz CT molecular complexity index is 521. The second kappa shape index (κ2) is 11.5. The van der Waals surface area contributed by atoms with Gasteiger partial charge in [-0.25, -0.2) is 0 Å². The first-order valence-electron chi connectivity index (χ1n) is 8.56. The fraction of sp³-hybridized carbons (Fsp3) is 0.550. The summed E-state index contributed by atoms with van der Waals surface area (Å²) in [5.41, 5.74) is 1.06. The zero-order chi connectivity index (χ0) is 18.7. The van der Waals surface area contributed by atoms with Crippen molar-refractivity contribution in [1.29, 1.82) is 0 Å². The molecule has 1 amide bonds. The zero-order valence-electron chi connectivity index (χ0n) is 15.8. The summed E-state index contributed by atoms with van der Waals surface area (Å²) in [5, 5.41) is 2.83. The molecule has 0 spiro atoms. The standard InChI is InChI=1S/C15H21NO2.C5H10O/c1-4-14(17)13(16-15(18)11(2)3)10-12-8-6-5-7-9-12;1-4(2)5(3)6/h5-9,11,13H,4,10H2,1-3H3,(H,16,18);4H,1-3H3/t13-;/m0./s1. The number of nitrogens with one attached hydrogen (secondary N) is 1. The highest BCUT2D eigenvalue weighted by molar-refractivity contribution is 5.89. The number of rotatable bonds is 7. The minimum Gasteiger partial charge on any atom is -0.346 e. The van der Waals surface area contributed by atoms with Crippen molar-refractivity contribution in [3.8, 4) is 0 Å². The molecule has 4 nitrogen and oxygen atoms in total. The molecule has 0 unspecified atom stereocenters. The predicted molar refractivity (Wildman–Crippen MR) is 97.7 cm³/mol. The largest absolute Gasteiger partial charge is 0.346 e. The lowest BCUT2D eigenvalue weighted by molar-refractivity contribution is -0.129. The minimum absolute atomic E-state index is 0.0715. The Balaban J connectivity index is 0.000000754. The van der Waals surface area contributed by atoms with E-state index in [1.54, 1.807) is 6.92 Å². The van der Waals surface area contributed by atoms with Crippen molar-refractivity contribution in [3.05, 3.63) is 35.9 Å². The van der Waals surface area contributed by atoms with Crippen LogP contribution in [-0.2, 0) is 20.8 Å². The van der Waals surface area contributed by atoms with E-state index in [1.807, 2.05) is 65.0 Å². The molecule has 0 saturated carbocycles. The maximum Gasteiger partial charge on any atom is 0.223 e. The van der Waals surface area contributed by atoms with Gasteiger partial charge in [-0.05, 0) is 18.9 Å². The van der Waals surface area contributed by atoms with Gasteiger partial charge in [0.1, 0.15) is 5.78 Å². The van der Waals surface area contributed by atoms with Gasteiger partial charge in [-0.3, -0.25) is 14.4 Å². The molecule has 0 aliphatic heterocycles. The molecule has 0 fully saturated rings.